The van der Waals surface area contributed by atoms with Gasteiger partial charge >= 0.3 is 0 Å². The number of carbonyl (C=O) groups excluding carboxylic acids is 1. The van der Waals surface area contributed by atoms with E-state index in [0.29, 0.717) is 50.2 Å². The van der Waals surface area contributed by atoms with E-state index < -0.39 is 11.2 Å². The van der Waals surface area contributed by atoms with Crippen molar-refractivity contribution in [3.8, 4) is 17.2 Å². The molecule has 4 heterocycles. The summed E-state index contributed by atoms with van der Waals surface area (Å²) < 4.78 is 29.5. The Kier molecular flexibility index (Phi) is 7.07. The van der Waals surface area contributed by atoms with Crippen molar-refractivity contribution in [1.82, 2.24) is 14.4 Å². The second-order valence-electron chi connectivity index (χ2n) is 11.5. The number of rotatable bonds is 6. The molecule has 9 heteroatoms. The Morgan fingerprint density at radius 2 is 1.90 bits per heavy atom. The Balaban J connectivity index is 1.33. The fourth-order valence-electron chi connectivity index (χ4n) is 6.69. The number of halogens is 1. The van der Waals surface area contributed by atoms with E-state index in [0.717, 1.165) is 35.8 Å². The van der Waals surface area contributed by atoms with Gasteiger partial charge in [0.1, 0.15) is 16.8 Å². The Morgan fingerprint density at radius 3 is 2.74 bits per heavy atom. The number of likely N-dealkylation sites (tertiary alicyclic amines) is 1. The second-order valence-corrected chi connectivity index (χ2v) is 11.5. The van der Waals surface area contributed by atoms with Crippen molar-refractivity contribution < 1.29 is 18.7 Å². The number of anilines is 1. The molecule has 4 aromatic rings. The van der Waals surface area contributed by atoms with Gasteiger partial charge in [0, 0.05) is 37.3 Å². The van der Waals surface area contributed by atoms with E-state index in [1.54, 1.807) is 11.1 Å². The molecule has 0 aliphatic carbocycles. The maximum absolute atomic E-state index is 15.9. The van der Waals surface area contributed by atoms with Crippen molar-refractivity contribution in [2.75, 3.05) is 51.8 Å². The Hall–Kier alpha value is -3.95. The molecule has 7 rings (SSSR count). The van der Waals surface area contributed by atoms with Crippen LogP contribution >= 0.6 is 0 Å². The summed E-state index contributed by atoms with van der Waals surface area (Å²) in [6.07, 6.45) is 7.21. The lowest BCUT2D eigenvalue weighted by Crippen LogP contribution is -2.42. The molecule has 2 saturated heterocycles. The summed E-state index contributed by atoms with van der Waals surface area (Å²) in [7, 11) is 2.18. The molecule has 1 unspecified atom stereocenters. The van der Waals surface area contributed by atoms with E-state index in [2.05, 4.69) is 17.3 Å². The topological polar surface area (TPSA) is 76.0 Å². The van der Waals surface area contributed by atoms with Gasteiger partial charge in [-0.15, -0.1) is 0 Å². The first kappa shape index (κ1) is 26.9. The summed E-state index contributed by atoms with van der Waals surface area (Å²) in [5.74, 6) is -0.145. The minimum absolute atomic E-state index is 0.00726. The highest BCUT2D eigenvalue weighted by Crippen LogP contribution is 2.47. The van der Waals surface area contributed by atoms with Crippen LogP contribution in [-0.4, -0.2) is 72.8 Å². The van der Waals surface area contributed by atoms with Crippen LogP contribution in [-0.2, 0) is 4.74 Å². The number of amides is 1. The fraction of sp³-hybridized carbons (Fsp3) is 0.394. The lowest BCUT2D eigenvalue weighted by Gasteiger charge is -2.32. The zero-order valence-corrected chi connectivity index (χ0v) is 23.8. The van der Waals surface area contributed by atoms with Gasteiger partial charge in [-0.05, 0) is 56.8 Å². The number of ether oxygens (including phenoxy) is 2. The molecular weight excluding hydrogens is 535 g/mol. The summed E-state index contributed by atoms with van der Waals surface area (Å²) in [5.41, 5.74) is 0.918. The highest BCUT2D eigenvalue weighted by molar-refractivity contribution is 6.04. The van der Waals surface area contributed by atoms with Crippen LogP contribution in [0.2, 0.25) is 0 Å². The first-order valence-electron chi connectivity index (χ1n) is 14.9. The van der Waals surface area contributed by atoms with Crippen LogP contribution in [0.4, 0.5) is 10.1 Å². The van der Waals surface area contributed by atoms with E-state index in [-0.39, 0.29) is 28.3 Å². The maximum Gasteiger partial charge on any atom is 0.259 e. The van der Waals surface area contributed by atoms with E-state index >= 15 is 4.39 Å². The van der Waals surface area contributed by atoms with Crippen LogP contribution < -0.4 is 15.5 Å². The van der Waals surface area contributed by atoms with E-state index in [1.165, 1.54) is 25.3 Å². The van der Waals surface area contributed by atoms with Crippen LogP contribution in [0.15, 0.2) is 53.5 Å². The van der Waals surface area contributed by atoms with Crippen LogP contribution in [0.25, 0.3) is 27.4 Å². The monoisotopic (exact) mass is 570 g/mol. The zero-order valence-electron chi connectivity index (χ0n) is 23.8. The lowest BCUT2D eigenvalue weighted by molar-refractivity contribution is 0.0302. The minimum atomic E-state index is -0.573. The molecule has 218 valence electrons. The van der Waals surface area contributed by atoms with Crippen molar-refractivity contribution >= 4 is 33.3 Å². The van der Waals surface area contributed by atoms with Crippen LogP contribution in [0.5, 0.6) is 11.5 Å². The average Bonchev–Trinajstić information content (AvgIpc) is 3.02. The highest BCUT2D eigenvalue weighted by atomic mass is 19.1. The van der Waals surface area contributed by atoms with Gasteiger partial charge in [0.2, 0.25) is 5.43 Å². The lowest BCUT2D eigenvalue weighted by atomic mass is 9.98. The Labute approximate surface area is 243 Å². The summed E-state index contributed by atoms with van der Waals surface area (Å²) in [4.78, 5) is 31.5. The largest absolute Gasteiger partial charge is 0.451 e. The molecule has 2 fully saturated rings. The number of morpholine rings is 1. The third-order valence-electron chi connectivity index (χ3n) is 8.98. The third-order valence-corrected chi connectivity index (χ3v) is 8.98. The third kappa shape index (κ3) is 4.61. The van der Waals surface area contributed by atoms with Gasteiger partial charge in [0.15, 0.2) is 17.3 Å². The predicted molar refractivity (Wildman–Crippen MR) is 162 cm³/mol. The SMILES string of the molecule is CN1CCCCC1CCCNc1c(F)cc2c(=O)c(C(=O)N3CCOCC3)cn3c2c1Oc1ccc2ccccc2c1-3. The Morgan fingerprint density at radius 1 is 1.07 bits per heavy atom. The normalized spacial score (nSPS) is 18.6. The van der Waals surface area contributed by atoms with Crippen molar-refractivity contribution in [2.45, 2.75) is 38.1 Å². The van der Waals surface area contributed by atoms with Crippen molar-refractivity contribution in [3.05, 3.63) is 70.3 Å². The van der Waals surface area contributed by atoms with Gasteiger partial charge in [0.25, 0.3) is 5.91 Å². The van der Waals surface area contributed by atoms with Gasteiger partial charge in [-0.1, -0.05) is 36.8 Å². The van der Waals surface area contributed by atoms with E-state index in [4.69, 9.17) is 9.47 Å². The number of pyridine rings is 1. The number of aromatic nitrogens is 1. The fourth-order valence-corrected chi connectivity index (χ4v) is 6.69. The molecule has 0 bridgehead atoms. The van der Waals surface area contributed by atoms with Gasteiger partial charge in [0.05, 0.1) is 24.3 Å². The molecule has 1 amide bonds. The molecule has 1 N–H and O–H groups in total. The molecule has 42 heavy (non-hydrogen) atoms. The van der Waals surface area contributed by atoms with Crippen LogP contribution in [0.1, 0.15) is 42.5 Å². The molecule has 3 aromatic carbocycles. The van der Waals surface area contributed by atoms with Crippen LogP contribution in [0.3, 0.4) is 0 Å². The molecule has 3 aliphatic rings. The molecule has 1 aromatic heterocycles. The maximum atomic E-state index is 15.9. The number of hydrogen-bond donors (Lipinski definition) is 1. The second kappa shape index (κ2) is 11.0. The molecular formula is C33H35FN4O4. The van der Waals surface area contributed by atoms with Crippen LogP contribution in [0, 0.1) is 5.82 Å². The van der Waals surface area contributed by atoms with E-state index in [1.807, 2.05) is 41.0 Å². The first-order chi connectivity index (χ1) is 20.5. The number of hydrogen-bond acceptors (Lipinski definition) is 6. The van der Waals surface area contributed by atoms with E-state index in [9.17, 15) is 9.59 Å². The number of fused-ring (bicyclic) bond motifs is 4. The number of nitrogens with zero attached hydrogens (tertiary/aromatic N) is 3. The van der Waals surface area contributed by atoms with Gasteiger partial charge < -0.3 is 29.2 Å². The average molecular weight is 571 g/mol. The first-order valence-corrected chi connectivity index (χ1v) is 14.9. The predicted octanol–water partition coefficient (Wildman–Crippen LogP) is 5.54. The minimum Gasteiger partial charge on any atom is -0.451 e. The zero-order chi connectivity index (χ0) is 28.8. The summed E-state index contributed by atoms with van der Waals surface area (Å²) >= 11 is 0. The van der Waals surface area contributed by atoms with Gasteiger partial charge in [-0.25, -0.2) is 4.39 Å². The quantitative estimate of drug-likeness (QED) is 0.270. The van der Waals surface area contributed by atoms with Crippen molar-refractivity contribution in [3.63, 3.8) is 0 Å². The highest BCUT2D eigenvalue weighted by Gasteiger charge is 2.31. The van der Waals surface area contributed by atoms with Crippen molar-refractivity contribution in [2.24, 2.45) is 0 Å². The van der Waals surface area contributed by atoms with Gasteiger partial charge in [-0.2, -0.15) is 0 Å². The summed E-state index contributed by atoms with van der Waals surface area (Å²) in [6, 6.07) is 13.5. The smallest absolute Gasteiger partial charge is 0.259 e. The number of piperidine rings is 1. The van der Waals surface area contributed by atoms with Crippen molar-refractivity contribution in [1.29, 1.82) is 0 Å². The number of carbonyl (C=O) groups is 1. The summed E-state index contributed by atoms with van der Waals surface area (Å²) in [6.45, 7) is 3.33. The molecule has 0 spiro atoms. The standard InChI is InChI=1S/C33H35FN4O4/c1-36-14-5-4-8-22(36)9-6-13-35-28-26(34)19-24-30-32(28)42-27-12-11-21-7-2-3-10-23(21)29(27)38(30)20-25(31(24)39)33(40)37-15-17-41-18-16-37/h2-3,7,10-12,19-20,22,35H,4-6,8-9,13-18H2,1H3. The molecule has 1 atom stereocenters. The number of nitrogens with one attached hydrogen (secondary N) is 1. The number of benzene rings is 3. The Bertz CT molecular complexity index is 1750. The van der Waals surface area contributed by atoms with Gasteiger partial charge in [-0.3, -0.25) is 9.59 Å². The molecule has 3 aliphatic heterocycles. The molecule has 8 nitrogen and oxygen atoms in total. The summed E-state index contributed by atoms with van der Waals surface area (Å²) in [5, 5.41) is 5.31. The molecule has 0 saturated carbocycles. The molecule has 0 radical (unpaired) electrons.